The lowest BCUT2D eigenvalue weighted by Crippen LogP contribution is -2.41. The number of fused-ring (bicyclic) bond motifs is 1. The Labute approximate surface area is 132 Å². The van der Waals surface area contributed by atoms with E-state index in [1.54, 1.807) is 4.90 Å². The number of carbonyl (C=O) groups is 1. The normalized spacial score (nSPS) is 17.4. The highest BCUT2D eigenvalue weighted by Crippen LogP contribution is 2.30. The number of benzene rings is 1. The summed E-state index contributed by atoms with van der Waals surface area (Å²) >= 11 is 0. The minimum absolute atomic E-state index is 0.114. The molecule has 0 radical (unpaired) electrons. The lowest BCUT2D eigenvalue weighted by atomic mass is 9.93. The van der Waals surface area contributed by atoms with Crippen LogP contribution in [0.15, 0.2) is 36.5 Å². The Morgan fingerprint density at radius 1 is 1.35 bits per heavy atom. The van der Waals surface area contributed by atoms with Crippen LogP contribution in [0.3, 0.4) is 0 Å². The Kier molecular flexibility index (Phi) is 4.38. The number of carbonyl (C=O) groups excluding carboxylic acids is 1. The number of hydrogen-bond acceptors (Lipinski definition) is 3. The SMILES string of the molecule is O=C(c1ccn(CC(F)F)n1)N1CCc2ccccc2C1CO. The summed E-state index contributed by atoms with van der Waals surface area (Å²) in [7, 11) is 0. The Balaban J connectivity index is 1.83. The van der Waals surface area contributed by atoms with Crippen molar-refractivity contribution in [3.05, 3.63) is 53.3 Å². The zero-order valence-corrected chi connectivity index (χ0v) is 12.4. The van der Waals surface area contributed by atoms with Crippen LogP contribution in [-0.2, 0) is 13.0 Å². The summed E-state index contributed by atoms with van der Waals surface area (Å²) in [6.45, 7) is -0.275. The molecule has 0 spiro atoms. The fourth-order valence-corrected chi connectivity index (χ4v) is 2.96. The van der Waals surface area contributed by atoms with Gasteiger partial charge in [-0.05, 0) is 23.6 Å². The Bertz CT molecular complexity index is 702. The van der Waals surface area contributed by atoms with Crippen LogP contribution in [0.5, 0.6) is 0 Å². The standard InChI is InChI=1S/C16H17F2N3O2/c17-15(18)9-20-7-6-13(19-20)16(23)21-8-5-11-3-1-2-4-12(11)14(21)10-22/h1-4,6-7,14-15,22H,5,8-10H2. The fraction of sp³-hybridized carbons (Fsp3) is 0.375. The van der Waals surface area contributed by atoms with Gasteiger partial charge in [0.15, 0.2) is 0 Å². The Morgan fingerprint density at radius 3 is 2.87 bits per heavy atom. The molecule has 0 saturated heterocycles. The number of hydrogen-bond donors (Lipinski definition) is 1. The summed E-state index contributed by atoms with van der Waals surface area (Å²) in [6.07, 6.45) is -0.466. The van der Waals surface area contributed by atoms with Crippen LogP contribution < -0.4 is 0 Å². The van der Waals surface area contributed by atoms with Gasteiger partial charge in [-0.15, -0.1) is 0 Å². The number of aliphatic hydroxyl groups is 1. The average Bonchev–Trinajstić information content (AvgIpc) is 3.00. The number of aromatic nitrogens is 2. The molecule has 0 saturated carbocycles. The zero-order chi connectivity index (χ0) is 16.4. The molecule has 2 heterocycles. The highest BCUT2D eigenvalue weighted by Gasteiger charge is 2.31. The summed E-state index contributed by atoms with van der Waals surface area (Å²) in [5.74, 6) is -0.355. The second-order valence-corrected chi connectivity index (χ2v) is 5.46. The Morgan fingerprint density at radius 2 is 2.13 bits per heavy atom. The maximum Gasteiger partial charge on any atom is 0.274 e. The van der Waals surface area contributed by atoms with Crippen LogP contribution >= 0.6 is 0 Å². The molecule has 122 valence electrons. The molecule has 2 aromatic rings. The van der Waals surface area contributed by atoms with Gasteiger partial charge in [-0.3, -0.25) is 9.48 Å². The quantitative estimate of drug-likeness (QED) is 0.935. The zero-order valence-electron chi connectivity index (χ0n) is 12.4. The smallest absolute Gasteiger partial charge is 0.274 e. The number of halogens is 2. The van der Waals surface area contributed by atoms with E-state index in [0.717, 1.165) is 15.8 Å². The van der Waals surface area contributed by atoms with Crippen molar-refractivity contribution in [2.24, 2.45) is 0 Å². The van der Waals surface area contributed by atoms with E-state index in [-0.39, 0.29) is 18.2 Å². The van der Waals surface area contributed by atoms with Crippen LogP contribution in [0, 0.1) is 0 Å². The molecule has 1 amide bonds. The first-order chi connectivity index (χ1) is 11.1. The molecule has 1 N–H and O–H groups in total. The van der Waals surface area contributed by atoms with E-state index in [0.29, 0.717) is 13.0 Å². The second-order valence-electron chi connectivity index (χ2n) is 5.46. The van der Waals surface area contributed by atoms with Gasteiger partial charge in [0.05, 0.1) is 12.6 Å². The maximum atomic E-state index is 12.6. The minimum atomic E-state index is -2.52. The predicted octanol–water partition coefficient (Wildman–Crippen LogP) is 1.88. The molecule has 1 unspecified atom stereocenters. The summed E-state index contributed by atoms with van der Waals surface area (Å²) in [4.78, 5) is 14.2. The van der Waals surface area contributed by atoms with Gasteiger partial charge in [-0.2, -0.15) is 5.10 Å². The lowest BCUT2D eigenvalue weighted by molar-refractivity contribution is 0.0560. The molecule has 7 heteroatoms. The Hall–Kier alpha value is -2.28. The van der Waals surface area contributed by atoms with Crippen LogP contribution in [0.1, 0.15) is 27.7 Å². The molecule has 0 bridgehead atoms. The number of rotatable bonds is 4. The molecule has 1 aromatic carbocycles. The molecule has 3 rings (SSSR count). The first-order valence-corrected chi connectivity index (χ1v) is 7.41. The molecule has 0 aliphatic carbocycles. The van der Waals surface area contributed by atoms with Gasteiger partial charge < -0.3 is 10.0 Å². The van der Waals surface area contributed by atoms with Crippen LogP contribution in [-0.4, -0.2) is 45.3 Å². The topological polar surface area (TPSA) is 58.4 Å². The summed E-state index contributed by atoms with van der Waals surface area (Å²) < 4.78 is 25.8. The lowest BCUT2D eigenvalue weighted by Gasteiger charge is -2.36. The predicted molar refractivity (Wildman–Crippen MR) is 79.2 cm³/mol. The highest BCUT2D eigenvalue weighted by molar-refractivity contribution is 5.92. The van der Waals surface area contributed by atoms with E-state index >= 15 is 0 Å². The fourth-order valence-electron chi connectivity index (χ4n) is 2.96. The number of nitrogens with zero attached hydrogens (tertiary/aromatic N) is 3. The van der Waals surface area contributed by atoms with Crippen molar-refractivity contribution in [1.29, 1.82) is 0 Å². The monoisotopic (exact) mass is 321 g/mol. The van der Waals surface area contributed by atoms with Crippen LogP contribution in [0.2, 0.25) is 0 Å². The minimum Gasteiger partial charge on any atom is -0.394 e. The van der Waals surface area contributed by atoms with E-state index in [1.165, 1.54) is 12.3 Å². The third-order valence-electron chi connectivity index (χ3n) is 4.03. The molecular weight excluding hydrogens is 304 g/mol. The van der Waals surface area contributed by atoms with Crippen LogP contribution in [0.4, 0.5) is 8.78 Å². The van der Waals surface area contributed by atoms with E-state index in [4.69, 9.17) is 0 Å². The van der Waals surface area contributed by atoms with Gasteiger partial charge in [0.25, 0.3) is 12.3 Å². The maximum absolute atomic E-state index is 12.6. The second kappa shape index (κ2) is 6.45. The highest BCUT2D eigenvalue weighted by atomic mass is 19.3. The molecule has 1 aliphatic heterocycles. The van der Waals surface area contributed by atoms with Crippen molar-refractivity contribution in [1.82, 2.24) is 14.7 Å². The van der Waals surface area contributed by atoms with Gasteiger partial charge in [0.1, 0.15) is 12.2 Å². The molecule has 1 aromatic heterocycles. The third-order valence-corrected chi connectivity index (χ3v) is 4.03. The first kappa shape index (κ1) is 15.6. The van der Waals surface area contributed by atoms with Crippen molar-refractivity contribution in [2.75, 3.05) is 13.2 Å². The van der Waals surface area contributed by atoms with Crippen molar-refractivity contribution in [3.63, 3.8) is 0 Å². The third kappa shape index (κ3) is 3.10. The average molecular weight is 321 g/mol. The van der Waals surface area contributed by atoms with Crippen molar-refractivity contribution >= 4 is 5.91 Å². The summed E-state index contributed by atoms with van der Waals surface area (Å²) in [5, 5.41) is 13.6. The molecule has 5 nitrogen and oxygen atoms in total. The number of aliphatic hydroxyl groups excluding tert-OH is 1. The number of alkyl halides is 2. The number of amides is 1. The van der Waals surface area contributed by atoms with Gasteiger partial charge >= 0.3 is 0 Å². The van der Waals surface area contributed by atoms with Gasteiger partial charge in [0.2, 0.25) is 0 Å². The summed E-state index contributed by atoms with van der Waals surface area (Å²) in [6, 6.07) is 8.67. The molecule has 1 atom stereocenters. The van der Waals surface area contributed by atoms with Gasteiger partial charge in [0, 0.05) is 12.7 Å². The molecule has 23 heavy (non-hydrogen) atoms. The largest absolute Gasteiger partial charge is 0.394 e. The summed E-state index contributed by atoms with van der Waals surface area (Å²) in [5.41, 5.74) is 2.14. The molecule has 1 aliphatic rings. The molecule has 0 fully saturated rings. The van der Waals surface area contributed by atoms with E-state index in [9.17, 15) is 18.7 Å². The van der Waals surface area contributed by atoms with E-state index < -0.39 is 19.0 Å². The van der Waals surface area contributed by atoms with E-state index in [2.05, 4.69) is 5.10 Å². The van der Waals surface area contributed by atoms with Crippen LogP contribution in [0.25, 0.3) is 0 Å². The van der Waals surface area contributed by atoms with Crippen molar-refractivity contribution < 1.29 is 18.7 Å². The first-order valence-electron chi connectivity index (χ1n) is 7.41. The van der Waals surface area contributed by atoms with Gasteiger partial charge in [-0.1, -0.05) is 24.3 Å². The van der Waals surface area contributed by atoms with Crippen molar-refractivity contribution in [2.45, 2.75) is 25.4 Å². The molecular formula is C16H17F2N3O2. The van der Waals surface area contributed by atoms with Crippen molar-refractivity contribution in [3.8, 4) is 0 Å². The van der Waals surface area contributed by atoms with Gasteiger partial charge in [-0.25, -0.2) is 8.78 Å². The van der Waals surface area contributed by atoms with E-state index in [1.807, 2.05) is 24.3 Å².